The molecule has 104 valence electrons. The minimum Gasteiger partial charge on any atom is -1.00 e. The largest absolute Gasteiger partial charge is 1.00 e. The van der Waals surface area contributed by atoms with Crippen LogP contribution < -0.4 is 22.7 Å². The van der Waals surface area contributed by atoms with E-state index in [2.05, 4.69) is 15.9 Å². The molecule has 0 saturated heterocycles. The van der Waals surface area contributed by atoms with Crippen LogP contribution in [-0.2, 0) is 0 Å². The monoisotopic (exact) mass is 372 g/mol. The number of aromatic nitrogens is 1. The fraction of sp³-hybridized carbons (Fsp3) is 0. The number of allylic oxidation sites excluding steroid dienone is 1. The Kier molecular flexibility index (Phi) is 6.20. The number of hydrogen-bond donors (Lipinski definition) is 1. The first-order valence-corrected chi connectivity index (χ1v) is 6.67. The van der Waals surface area contributed by atoms with Crippen LogP contribution in [0.3, 0.4) is 0 Å². The maximum absolute atomic E-state index is 11.9. The van der Waals surface area contributed by atoms with Gasteiger partial charge in [0, 0.05) is 22.2 Å². The summed E-state index contributed by atoms with van der Waals surface area (Å²) in [6.07, 6.45) is 4.68. The summed E-state index contributed by atoms with van der Waals surface area (Å²) in [4.78, 5) is 11.9. The maximum Gasteiger partial charge on any atom is 0.277 e. The van der Waals surface area contributed by atoms with E-state index in [0.717, 1.165) is 4.47 Å². The first-order chi connectivity index (χ1) is 9.06. The second-order valence-electron chi connectivity index (χ2n) is 3.87. The van der Waals surface area contributed by atoms with E-state index in [1.54, 1.807) is 41.2 Å². The van der Waals surface area contributed by atoms with Gasteiger partial charge in [-0.05, 0) is 30.3 Å². The van der Waals surface area contributed by atoms with E-state index < -0.39 is 0 Å². The van der Waals surface area contributed by atoms with Gasteiger partial charge in [0.25, 0.3) is 5.82 Å². The fourth-order valence-corrected chi connectivity index (χ4v) is 1.92. The molecule has 0 spiro atoms. The lowest BCUT2D eigenvalue weighted by Gasteiger charge is -1.98. The van der Waals surface area contributed by atoms with Crippen molar-refractivity contribution in [2.45, 2.75) is 0 Å². The Hall–Kier alpha value is -1.36. The lowest BCUT2D eigenvalue weighted by molar-refractivity contribution is -0.552. The molecule has 0 aliphatic rings. The number of nitrogen functional groups attached to an aromatic ring is 1. The second-order valence-corrected chi connectivity index (χ2v) is 5.22. The molecule has 0 aliphatic carbocycles. The maximum atomic E-state index is 11.9. The number of rotatable bonds is 3. The minimum atomic E-state index is -0.0978. The van der Waals surface area contributed by atoms with Crippen LogP contribution >= 0.6 is 27.5 Å². The average molecular weight is 374 g/mol. The predicted molar refractivity (Wildman–Crippen MR) is 79.9 cm³/mol. The van der Waals surface area contributed by atoms with E-state index in [1.807, 2.05) is 12.1 Å². The summed E-state index contributed by atoms with van der Waals surface area (Å²) in [7, 11) is 0. The predicted octanol–water partition coefficient (Wildman–Crippen LogP) is 0.330. The molecule has 2 aromatic rings. The number of anilines is 1. The van der Waals surface area contributed by atoms with Gasteiger partial charge in [-0.15, -0.1) is 0 Å². The normalized spacial score (nSPS) is 10.3. The second kappa shape index (κ2) is 7.43. The lowest BCUT2D eigenvalue weighted by Crippen LogP contribution is -3.00. The van der Waals surface area contributed by atoms with Crippen LogP contribution in [0.4, 0.5) is 5.82 Å². The number of carbonyl (C=O) groups is 1. The third kappa shape index (κ3) is 4.34. The zero-order valence-electron chi connectivity index (χ0n) is 10.3. The van der Waals surface area contributed by atoms with Crippen molar-refractivity contribution < 1.29 is 21.8 Å². The molecule has 3 nitrogen and oxygen atoms in total. The van der Waals surface area contributed by atoms with Gasteiger partial charge in [-0.2, -0.15) is 0 Å². The molecule has 0 fully saturated rings. The van der Waals surface area contributed by atoms with Gasteiger partial charge in [-0.25, -0.2) is 4.57 Å². The van der Waals surface area contributed by atoms with Crippen LogP contribution in [0, 0.1) is 0 Å². The van der Waals surface area contributed by atoms with Crippen LogP contribution in [0.5, 0.6) is 0 Å². The highest BCUT2D eigenvalue weighted by atomic mass is 79.9. The first kappa shape index (κ1) is 16.7. The summed E-state index contributed by atoms with van der Waals surface area (Å²) in [5.41, 5.74) is 6.38. The van der Waals surface area contributed by atoms with Gasteiger partial charge in [-0.1, -0.05) is 27.5 Å². The molecule has 2 rings (SSSR count). The minimum absolute atomic E-state index is 0. The molecular weight excluding hydrogens is 363 g/mol. The Labute approximate surface area is 136 Å². The number of halogens is 3. The Morgan fingerprint density at radius 1 is 1.20 bits per heavy atom. The lowest BCUT2D eigenvalue weighted by atomic mass is 10.1. The molecule has 0 unspecified atom stereocenters. The van der Waals surface area contributed by atoms with Crippen molar-refractivity contribution >= 4 is 45.3 Å². The van der Waals surface area contributed by atoms with Gasteiger partial charge < -0.3 is 12.4 Å². The number of hydrogen-bond acceptors (Lipinski definition) is 2. The molecule has 2 N–H and O–H groups in total. The van der Waals surface area contributed by atoms with Crippen molar-refractivity contribution in [3.63, 3.8) is 0 Å². The van der Waals surface area contributed by atoms with Gasteiger partial charge in [0.15, 0.2) is 5.78 Å². The van der Waals surface area contributed by atoms with Crippen molar-refractivity contribution in [2.24, 2.45) is 0 Å². The van der Waals surface area contributed by atoms with Gasteiger partial charge >= 0.3 is 0 Å². The summed E-state index contributed by atoms with van der Waals surface area (Å²) < 4.78 is 2.53. The molecule has 1 heterocycles. The van der Waals surface area contributed by atoms with E-state index in [0.29, 0.717) is 16.4 Å². The van der Waals surface area contributed by atoms with Crippen LogP contribution in [0.15, 0.2) is 53.1 Å². The Morgan fingerprint density at radius 3 is 2.50 bits per heavy atom. The fourth-order valence-electron chi connectivity index (χ4n) is 1.49. The number of ketones is 1. The van der Waals surface area contributed by atoms with Crippen LogP contribution in [0.25, 0.3) is 6.20 Å². The molecule has 0 bridgehead atoms. The number of nitrogens with two attached hydrogens (primary N) is 1. The van der Waals surface area contributed by atoms with E-state index >= 15 is 0 Å². The molecule has 20 heavy (non-hydrogen) atoms. The molecule has 0 radical (unpaired) electrons. The van der Waals surface area contributed by atoms with E-state index in [9.17, 15) is 4.79 Å². The molecule has 0 amide bonds. The highest BCUT2D eigenvalue weighted by Gasteiger charge is 2.04. The molecular formula is C14H11BrCl2N2O. The SMILES string of the molecule is Nc1ccc(Cl)c[n+]1/C=C/C(=O)c1ccc(Br)cc1.[Cl-]. The number of benzene rings is 1. The highest BCUT2D eigenvalue weighted by Crippen LogP contribution is 2.11. The molecule has 0 aliphatic heterocycles. The average Bonchev–Trinajstić information content (AvgIpc) is 2.40. The Balaban J connectivity index is 0.00000200. The van der Waals surface area contributed by atoms with Crippen LogP contribution in [0.2, 0.25) is 5.02 Å². The zero-order valence-corrected chi connectivity index (χ0v) is 13.4. The van der Waals surface area contributed by atoms with Crippen LogP contribution in [0.1, 0.15) is 10.4 Å². The van der Waals surface area contributed by atoms with Gasteiger partial charge in [0.05, 0.1) is 11.2 Å². The van der Waals surface area contributed by atoms with Crippen LogP contribution in [-0.4, -0.2) is 5.78 Å². The highest BCUT2D eigenvalue weighted by molar-refractivity contribution is 9.10. The topological polar surface area (TPSA) is 47.0 Å². The van der Waals surface area contributed by atoms with E-state index in [4.69, 9.17) is 17.3 Å². The quantitative estimate of drug-likeness (QED) is 0.479. The van der Waals surface area contributed by atoms with Gasteiger partial charge in [-0.3, -0.25) is 10.5 Å². The first-order valence-electron chi connectivity index (χ1n) is 5.50. The number of carbonyl (C=O) groups excluding carboxylic acids is 1. The number of nitrogens with zero attached hydrogens (tertiary/aromatic N) is 1. The molecule has 6 heteroatoms. The summed E-state index contributed by atoms with van der Waals surface area (Å²) in [6, 6.07) is 10.5. The third-order valence-corrected chi connectivity index (χ3v) is 3.24. The Bertz CT molecular complexity index is 642. The van der Waals surface area contributed by atoms with E-state index in [-0.39, 0.29) is 18.2 Å². The molecule has 1 aromatic heterocycles. The van der Waals surface area contributed by atoms with Crippen molar-refractivity contribution in [1.29, 1.82) is 0 Å². The zero-order chi connectivity index (χ0) is 13.8. The summed E-state index contributed by atoms with van der Waals surface area (Å²) in [5.74, 6) is 0.406. The summed E-state index contributed by atoms with van der Waals surface area (Å²) in [6.45, 7) is 0. The molecule has 1 aromatic carbocycles. The van der Waals surface area contributed by atoms with Gasteiger partial charge in [0.2, 0.25) is 0 Å². The number of pyridine rings is 1. The summed E-state index contributed by atoms with van der Waals surface area (Å²) in [5, 5.41) is 0.551. The van der Waals surface area contributed by atoms with Crippen molar-refractivity contribution in [3.05, 3.63) is 63.7 Å². The van der Waals surface area contributed by atoms with E-state index in [1.165, 1.54) is 6.08 Å². The molecule has 0 saturated carbocycles. The standard InChI is InChI=1S/C14H10BrClN2O.ClH/c15-11-3-1-10(2-4-11)13(19)7-8-18-9-12(16)5-6-14(18)17;/h1-9,17H;1H/b8-7+;. The Morgan fingerprint density at radius 2 is 1.85 bits per heavy atom. The van der Waals surface area contributed by atoms with Crippen molar-refractivity contribution in [3.8, 4) is 0 Å². The van der Waals surface area contributed by atoms with Crippen molar-refractivity contribution in [2.75, 3.05) is 5.73 Å². The third-order valence-electron chi connectivity index (χ3n) is 2.49. The summed E-state index contributed by atoms with van der Waals surface area (Å²) >= 11 is 9.19. The van der Waals surface area contributed by atoms with Crippen molar-refractivity contribution in [1.82, 2.24) is 0 Å². The molecule has 0 atom stereocenters. The smallest absolute Gasteiger partial charge is 0.277 e. The van der Waals surface area contributed by atoms with Gasteiger partial charge in [0.1, 0.15) is 6.20 Å².